The maximum Gasteiger partial charge on any atom is 0.193 e. The number of rotatable bonds is 4. The van der Waals surface area contributed by atoms with Crippen molar-refractivity contribution in [2.24, 2.45) is 0 Å². The number of carbonyl (C=O) groups is 1. The van der Waals surface area contributed by atoms with E-state index in [1.807, 2.05) is 0 Å². The van der Waals surface area contributed by atoms with E-state index in [1.165, 1.54) is 0 Å². The van der Waals surface area contributed by atoms with E-state index in [1.54, 1.807) is 48.5 Å². The minimum absolute atomic E-state index is 0.0843. The summed E-state index contributed by atoms with van der Waals surface area (Å²) in [7, 11) is 0. The quantitative estimate of drug-likeness (QED) is 0.652. The van der Waals surface area contributed by atoms with Crippen LogP contribution in [-0.4, -0.2) is 14.9 Å². The summed E-state index contributed by atoms with van der Waals surface area (Å²) in [6.45, 7) is 0. The van der Waals surface area contributed by atoms with Crippen LogP contribution in [0.4, 0.5) is 0 Å². The van der Waals surface area contributed by atoms with Crippen LogP contribution in [0.1, 0.15) is 15.9 Å². The molecule has 2 N–H and O–H groups in total. The molecular formula is C13H10O3S2. The second-order valence-corrected chi connectivity index (χ2v) is 4.87. The molecule has 0 saturated heterocycles. The van der Waals surface area contributed by atoms with Crippen molar-refractivity contribution in [3.63, 3.8) is 0 Å². The lowest BCUT2D eigenvalue weighted by atomic mass is 10.0. The molecule has 0 aliphatic heterocycles. The summed E-state index contributed by atoms with van der Waals surface area (Å²) in [5, 5.41) is 0. The second-order valence-electron chi connectivity index (χ2n) is 3.56. The van der Waals surface area contributed by atoms with Gasteiger partial charge in [0.15, 0.2) is 5.78 Å². The molecule has 0 fully saturated rings. The molecule has 18 heavy (non-hydrogen) atoms. The van der Waals surface area contributed by atoms with E-state index in [2.05, 4.69) is 0 Å². The largest absolute Gasteiger partial charge is 0.325 e. The summed E-state index contributed by atoms with van der Waals surface area (Å²) >= 11 is 1.30. The standard InChI is InChI=1S/C13H10O3S2/c14-13(9-1-5-11(17-15)6-2-9)10-3-7-12(18-16)8-4-10/h1-8,15-16H. The highest BCUT2D eigenvalue weighted by Gasteiger charge is 2.08. The Labute approximate surface area is 113 Å². The number of hydrogen-bond acceptors (Lipinski definition) is 5. The van der Waals surface area contributed by atoms with Gasteiger partial charge in [0.1, 0.15) is 0 Å². The van der Waals surface area contributed by atoms with Gasteiger partial charge < -0.3 is 9.11 Å². The van der Waals surface area contributed by atoms with Crippen molar-refractivity contribution in [1.29, 1.82) is 0 Å². The van der Waals surface area contributed by atoms with Gasteiger partial charge in [0.2, 0.25) is 0 Å². The molecule has 2 aromatic rings. The van der Waals surface area contributed by atoms with Crippen LogP contribution < -0.4 is 0 Å². The summed E-state index contributed by atoms with van der Waals surface area (Å²) in [5.74, 6) is -0.0843. The van der Waals surface area contributed by atoms with Gasteiger partial charge >= 0.3 is 0 Å². The topological polar surface area (TPSA) is 57.5 Å². The maximum absolute atomic E-state index is 12.1. The van der Waals surface area contributed by atoms with Crippen LogP contribution in [0.15, 0.2) is 58.3 Å². The summed E-state index contributed by atoms with van der Waals surface area (Å²) in [5.41, 5.74) is 1.13. The molecule has 3 nitrogen and oxygen atoms in total. The van der Waals surface area contributed by atoms with E-state index in [4.69, 9.17) is 9.11 Å². The molecule has 0 amide bonds. The van der Waals surface area contributed by atoms with E-state index >= 15 is 0 Å². The SMILES string of the molecule is O=C(c1ccc(SO)cc1)c1ccc(SO)cc1. The van der Waals surface area contributed by atoms with Gasteiger partial charge in [-0.05, 0) is 48.5 Å². The van der Waals surface area contributed by atoms with Gasteiger partial charge in [-0.25, -0.2) is 0 Å². The summed E-state index contributed by atoms with van der Waals surface area (Å²) in [6.07, 6.45) is 0. The Morgan fingerprint density at radius 2 is 1.06 bits per heavy atom. The Balaban J connectivity index is 2.23. The molecule has 2 aromatic carbocycles. The van der Waals surface area contributed by atoms with E-state index < -0.39 is 0 Å². The molecule has 0 aliphatic rings. The molecule has 0 saturated carbocycles. The van der Waals surface area contributed by atoms with Crippen LogP contribution in [0.3, 0.4) is 0 Å². The third kappa shape index (κ3) is 2.94. The zero-order valence-corrected chi connectivity index (χ0v) is 10.9. The lowest BCUT2D eigenvalue weighted by Gasteiger charge is -2.02. The van der Waals surface area contributed by atoms with Gasteiger partial charge in [0.25, 0.3) is 0 Å². The molecule has 0 spiro atoms. The summed E-state index contributed by atoms with van der Waals surface area (Å²) in [4.78, 5) is 13.5. The smallest absolute Gasteiger partial charge is 0.193 e. The minimum atomic E-state index is -0.0843. The Morgan fingerprint density at radius 1 is 0.722 bits per heavy atom. The molecule has 2 rings (SSSR count). The monoisotopic (exact) mass is 278 g/mol. The van der Waals surface area contributed by atoms with E-state index in [9.17, 15) is 4.79 Å². The molecule has 0 aromatic heterocycles. The van der Waals surface area contributed by atoms with Crippen molar-refractivity contribution in [2.75, 3.05) is 0 Å². The molecule has 0 bridgehead atoms. The molecule has 92 valence electrons. The van der Waals surface area contributed by atoms with E-state index in [0.29, 0.717) is 45.0 Å². The fourth-order valence-corrected chi connectivity index (χ4v) is 2.02. The maximum atomic E-state index is 12.1. The summed E-state index contributed by atoms with van der Waals surface area (Å²) < 4.78 is 17.7. The van der Waals surface area contributed by atoms with Gasteiger partial charge in [-0.2, -0.15) is 0 Å². The fourth-order valence-electron chi connectivity index (χ4n) is 1.50. The van der Waals surface area contributed by atoms with Crippen molar-refractivity contribution in [3.05, 3.63) is 59.7 Å². The number of hydrogen-bond donors (Lipinski definition) is 2. The van der Waals surface area contributed by atoms with Crippen molar-refractivity contribution in [3.8, 4) is 0 Å². The van der Waals surface area contributed by atoms with Crippen LogP contribution in [0.2, 0.25) is 0 Å². The predicted octanol–water partition coefficient (Wildman–Crippen LogP) is 4.05. The van der Waals surface area contributed by atoms with E-state index in [-0.39, 0.29) is 5.78 Å². The van der Waals surface area contributed by atoms with Crippen LogP contribution in [0.5, 0.6) is 0 Å². The Hall–Kier alpha value is -1.27. The average molecular weight is 278 g/mol. The molecule has 0 heterocycles. The highest BCUT2D eigenvalue weighted by molar-refractivity contribution is 7.94. The van der Waals surface area contributed by atoms with Gasteiger partial charge in [-0.15, -0.1) is 0 Å². The van der Waals surface area contributed by atoms with Gasteiger partial charge in [-0.3, -0.25) is 4.79 Å². The Bertz CT molecular complexity index is 486. The molecule has 0 aliphatic carbocycles. The van der Waals surface area contributed by atoms with Gasteiger partial charge in [0, 0.05) is 45.0 Å². The summed E-state index contributed by atoms with van der Waals surface area (Å²) in [6, 6.07) is 13.5. The Morgan fingerprint density at radius 3 is 1.33 bits per heavy atom. The van der Waals surface area contributed by atoms with Crippen LogP contribution >= 0.6 is 24.1 Å². The van der Waals surface area contributed by atoms with Crippen molar-refractivity contribution in [2.45, 2.75) is 9.79 Å². The zero-order chi connectivity index (χ0) is 13.0. The number of benzene rings is 2. The first-order valence-corrected chi connectivity index (χ1v) is 6.67. The fraction of sp³-hybridized carbons (Fsp3) is 0. The molecule has 0 atom stereocenters. The first-order chi connectivity index (χ1) is 8.74. The first kappa shape index (κ1) is 13.2. The highest BCUT2D eigenvalue weighted by atomic mass is 32.2. The lowest BCUT2D eigenvalue weighted by molar-refractivity contribution is 0.103. The average Bonchev–Trinajstić information content (AvgIpc) is 2.47. The molecule has 5 heteroatoms. The normalized spacial score (nSPS) is 10.3. The zero-order valence-electron chi connectivity index (χ0n) is 9.24. The number of carbonyl (C=O) groups excluding carboxylic acids is 1. The van der Waals surface area contributed by atoms with Crippen molar-refractivity contribution >= 4 is 29.9 Å². The van der Waals surface area contributed by atoms with Gasteiger partial charge in [0.05, 0.1) is 0 Å². The van der Waals surface area contributed by atoms with Crippen LogP contribution in [0, 0.1) is 0 Å². The number of ketones is 1. The highest BCUT2D eigenvalue weighted by Crippen LogP contribution is 2.19. The van der Waals surface area contributed by atoms with Gasteiger partial charge in [-0.1, -0.05) is 0 Å². The van der Waals surface area contributed by atoms with Crippen LogP contribution in [0.25, 0.3) is 0 Å². The molecule has 0 radical (unpaired) electrons. The third-order valence-electron chi connectivity index (χ3n) is 2.44. The minimum Gasteiger partial charge on any atom is -0.325 e. The van der Waals surface area contributed by atoms with Crippen molar-refractivity contribution in [1.82, 2.24) is 0 Å². The predicted molar refractivity (Wildman–Crippen MR) is 73.3 cm³/mol. The first-order valence-electron chi connectivity index (χ1n) is 5.12. The second kappa shape index (κ2) is 6.06. The van der Waals surface area contributed by atoms with Crippen LogP contribution in [-0.2, 0) is 0 Å². The van der Waals surface area contributed by atoms with E-state index in [0.717, 1.165) is 0 Å². The molecular weight excluding hydrogens is 268 g/mol. The molecule has 0 unspecified atom stereocenters. The third-order valence-corrected chi connectivity index (χ3v) is 3.41. The lowest BCUT2D eigenvalue weighted by Crippen LogP contribution is -2.00. The van der Waals surface area contributed by atoms with Crippen molar-refractivity contribution < 1.29 is 13.9 Å². The Kier molecular flexibility index (Phi) is 4.43.